The average Bonchev–Trinajstić information content (AvgIpc) is 3.10. The second-order valence-corrected chi connectivity index (χ2v) is 8.28. The number of para-hydroxylation sites is 2. The van der Waals surface area contributed by atoms with Crippen molar-refractivity contribution in [3.8, 4) is 11.7 Å². The molecule has 0 atom stereocenters. The molecule has 0 bridgehead atoms. The summed E-state index contributed by atoms with van der Waals surface area (Å²) in [6.07, 6.45) is 3.49. The summed E-state index contributed by atoms with van der Waals surface area (Å²) < 4.78 is 12.4. The number of methoxy groups -OCH3 is 1. The molecule has 0 saturated heterocycles. The molecule has 0 radical (unpaired) electrons. The highest BCUT2D eigenvalue weighted by atomic mass is 32.2. The topological polar surface area (TPSA) is 49.3 Å². The van der Waals surface area contributed by atoms with Gasteiger partial charge in [-0.1, -0.05) is 19.1 Å². The normalized spacial score (nSPS) is 11.9. The number of hydrogen-bond donors (Lipinski definition) is 2. The predicted octanol–water partition coefficient (Wildman–Crippen LogP) is 3.61. The number of nitrogens with zero attached hydrogens (tertiary/aromatic N) is 3. The standard InChI is InChI=1S/C20H25N3O2S2/c1-4-20(26,27)18-14(2)17(25-13-7-12-24-3)10-11-23(18)19-21-15-8-5-6-9-16(15)22-19/h5-6,8-11H,4,7,12-13H2,1-3H3,(H2-,21,22,26,27). The van der Waals surface area contributed by atoms with Gasteiger partial charge in [0.15, 0.2) is 0 Å². The van der Waals surface area contributed by atoms with Crippen molar-refractivity contribution in [3.05, 3.63) is 47.8 Å². The maximum Gasteiger partial charge on any atom is 0.235 e. The van der Waals surface area contributed by atoms with Gasteiger partial charge < -0.3 is 9.47 Å². The van der Waals surface area contributed by atoms with E-state index in [1.54, 1.807) is 7.11 Å². The van der Waals surface area contributed by atoms with Crippen molar-refractivity contribution >= 4 is 36.3 Å². The fourth-order valence-electron chi connectivity index (χ4n) is 3.01. The molecule has 5 nitrogen and oxygen atoms in total. The van der Waals surface area contributed by atoms with Gasteiger partial charge in [-0.15, -0.1) is 0 Å². The summed E-state index contributed by atoms with van der Waals surface area (Å²) in [6, 6.07) is 9.78. The Labute approximate surface area is 170 Å². The van der Waals surface area contributed by atoms with E-state index in [4.69, 9.17) is 34.7 Å². The number of hydrogen-bond acceptors (Lipinski definition) is 5. The van der Waals surface area contributed by atoms with Crippen LogP contribution in [0.2, 0.25) is 0 Å². The summed E-state index contributed by atoms with van der Waals surface area (Å²) in [5, 5.41) is 0. The van der Waals surface area contributed by atoms with Crippen molar-refractivity contribution in [2.75, 3.05) is 20.3 Å². The van der Waals surface area contributed by atoms with Crippen LogP contribution in [0.15, 0.2) is 36.5 Å². The maximum absolute atomic E-state index is 5.97. The Kier molecular flexibility index (Phi) is 6.34. The molecule has 0 aliphatic heterocycles. The summed E-state index contributed by atoms with van der Waals surface area (Å²) in [5.74, 6) is 1.43. The van der Waals surface area contributed by atoms with Gasteiger partial charge in [0.25, 0.3) is 0 Å². The van der Waals surface area contributed by atoms with Crippen molar-refractivity contribution in [1.82, 2.24) is 9.97 Å². The molecule has 0 spiro atoms. The Hall–Kier alpha value is -1.70. The molecule has 0 fully saturated rings. The van der Waals surface area contributed by atoms with Crippen molar-refractivity contribution in [1.29, 1.82) is 0 Å². The number of benzene rings is 1. The first kappa shape index (κ1) is 20.0. The number of imidazole rings is 1. The minimum Gasteiger partial charge on any atom is -0.493 e. The smallest absolute Gasteiger partial charge is 0.235 e. The van der Waals surface area contributed by atoms with E-state index >= 15 is 0 Å². The predicted molar refractivity (Wildman–Crippen MR) is 113 cm³/mol. The van der Waals surface area contributed by atoms with Crippen LogP contribution in [0.4, 0.5) is 0 Å². The van der Waals surface area contributed by atoms with Crippen LogP contribution in [0.5, 0.6) is 5.75 Å². The van der Waals surface area contributed by atoms with Crippen molar-refractivity contribution < 1.29 is 14.0 Å². The molecule has 2 aromatic heterocycles. The molecule has 7 heteroatoms. The Morgan fingerprint density at radius 3 is 2.67 bits per heavy atom. The van der Waals surface area contributed by atoms with Gasteiger partial charge in [-0.05, 0) is 31.5 Å². The third-order valence-electron chi connectivity index (χ3n) is 4.50. The molecule has 2 heterocycles. The monoisotopic (exact) mass is 403 g/mol. The molecule has 0 aliphatic rings. The third-order valence-corrected chi connectivity index (χ3v) is 5.56. The van der Waals surface area contributed by atoms with Gasteiger partial charge in [-0.2, -0.15) is 25.3 Å². The van der Waals surface area contributed by atoms with E-state index in [9.17, 15) is 0 Å². The van der Waals surface area contributed by atoms with Gasteiger partial charge in [0.2, 0.25) is 5.95 Å². The number of aromatic nitrogens is 3. The molecule has 0 amide bonds. The first-order chi connectivity index (χ1) is 13.0. The van der Waals surface area contributed by atoms with E-state index < -0.39 is 4.08 Å². The lowest BCUT2D eigenvalue weighted by Crippen LogP contribution is -2.42. The van der Waals surface area contributed by atoms with Gasteiger partial charge in [0.1, 0.15) is 5.75 Å². The first-order valence-electron chi connectivity index (χ1n) is 9.00. The summed E-state index contributed by atoms with van der Waals surface area (Å²) in [6.45, 7) is 5.34. The zero-order valence-electron chi connectivity index (χ0n) is 15.8. The molecule has 144 valence electrons. The molecule has 3 aromatic rings. The minimum absolute atomic E-state index is 0.590. The fraction of sp³-hybridized carbons (Fsp3) is 0.400. The molecule has 0 saturated carbocycles. The highest BCUT2D eigenvalue weighted by Gasteiger charge is 2.29. The van der Waals surface area contributed by atoms with E-state index in [1.807, 2.05) is 48.0 Å². The molecule has 1 aromatic carbocycles. The molecule has 0 N–H and O–H groups in total. The second-order valence-electron chi connectivity index (χ2n) is 6.40. The largest absolute Gasteiger partial charge is 0.493 e. The molecular weight excluding hydrogens is 378 g/mol. The average molecular weight is 404 g/mol. The number of fused-ring (bicyclic) bond motifs is 1. The van der Waals surface area contributed by atoms with E-state index in [1.165, 1.54) is 0 Å². The minimum atomic E-state index is -0.650. The molecular formula is C20H25N3O2S2. The zero-order valence-corrected chi connectivity index (χ0v) is 17.6. The highest BCUT2D eigenvalue weighted by molar-refractivity contribution is 7.99. The molecule has 0 unspecified atom stereocenters. The lowest BCUT2D eigenvalue weighted by Gasteiger charge is -2.28. The van der Waals surface area contributed by atoms with Gasteiger partial charge in [-0.25, -0.2) is 9.97 Å². The Bertz CT molecular complexity index is 892. The Morgan fingerprint density at radius 1 is 1.19 bits per heavy atom. The van der Waals surface area contributed by atoms with Crippen LogP contribution in [0, 0.1) is 6.92 Å². The van der Waals surface area contributed by atoms with Crippen LogP contribution in [0.25, 0.3) is 17.0 Å². The van der Waals surface area contributed by atoms with Crippen LogP contribution in [-0.2, 0) is 8.82 Å². The van der Waals surface area contributed by atoms with Gasteiger partial charge in [-0.3, -0.25) is 4.57 Å². The van der Waals surface area contributed by atoms with Gasteiger partial charge in [0, 0.05) is 31.9 Å². The quantitative estimate of drug-likeness (QED) is 0.261. The number of ether oxygens (including phenoxy) is 2. The third kappa shape index (κ3) is 4.25. The van der Waals surface area contributed by atoms with Crippen LogP contribution in [-0.4, -0.2) is 25.3 Å². The van der Waals surface area contributed by atoms with Crippen LogP contribution in [0.1, 0.15) is 31.0 Å². The van der Waals surface area contributed by atoms with Crippen molar-refractivity contribution in [3.63, 3.8) is 0 Å². The van der Waals surface area contributed by atoms with Gasteiger partial charge in [0.05, 0.1) is 27.4 Å². The summed E-state index contributed by atoms with van der Waals surface area (Å²) >= 11 is 9.63. The van der Waals surface area contributed by atoms with Gasteiger partial charge >= 0.3 is 0 Å². The SMILES string of the molecule is CCC(S)(S)c1c(C)c(OCCCOC)cc[n+]1-c1nc2ccccc2[n-]1. The lowest BCUT2D eigenvalue weighted by molar-refractivity contribution is -0.613. The fourth-order valence-corrected chi connectivity index (χ4v) is 3.56. The van der Waals surface area contributed by atoms with Crippen LogP contribution >= 0.6 is 25.3 Å². The van der Waals surface area contributed by atoms with Crippen molar-refractivity contribution in [2.45, 2.75) is 30.8 Å². The van der Waals surface area contributed by atoms with E-state index in [0.29, 0.717) is 19.2 Å². The highest BCUT2D eigenvalue weighted by Crippen LogP contribution is 2.38. The lowest BCUT2D eigenvalue weighted by atomic mass is 10.1. The summed E-state index contributed by atoms with van der Waals surface area (Å²) in [4.78, 5) is 9.35. The van der Waals surface area contributed by atoms with E-state index in [2.05, 4.69) is 16.9 Å². The molecule has 0 aliphatic carbocycles. The number of rotatable bonds is 8. The van der Waals surface area contributed by atoms with E-state index in [-0.39, 0.29) is 0 Å². The zero-order chi connectivity index (χ0) is 19.4. The van der Waals surface area contributed by atoms with E-state index in [0.717, 1.165) is 40.9 Å². The van der Waals surface area contributed by atoms with Crippen LogP contribution < -0.4 is 14.3 Å². The second kappa shape index (κ2) is 8.54. The maximum atomic E-state index is 5.97. The van der Waals surface area contributed by atoms with Crippen LogP contribution in [0.3, 0.4) is 0 Å². The first-order valence-corrected chi connectivity index (χ1v) is 9.89. The number of pyridine rings is 1. The Balaban J connectivity index is 2.06. The molecule has 27 heavy (non-hydrogen) atoms. The molecule has 3 rings (SSSR count). The summed E-state index contributed by atoms with van der Waals surface area (Å²) in [5.41, 5.74) is 3.62. The summed E-state index contributed by atoms with van der Waals surface area (Å²) in [7, 11) is 1.69. The van der Waals surface area contributed by atoms with Crippen molar-refractivity contribution in [2.24, 2.45) is 0 Å². The Morgan fingerprint density at radius 2 is 1.96 bits per heavy atom. The number of thiol groups is 2.